The molecule has 1 fully saturated rings. The normalized spacial score (nSPS) is 15.2. The van der Waals surface area contributed by atoms with Crippen LogP contribution in [-0.2, 0) is 6.18 Å². The molecule has 9 heteroatoms. The van der Waals surface area contributed by atoms with Gasteiger partial charge in [-0.1, -0.05) is 12.1 Å². The molecule has 0 bridgehead atoms. The summed E-state index contributed by atoms with van der Waals surface area (Å²) in [6.45, 7) is 3.23. The minimum absolute atomic E-state index is 0.0564. The molecule has 1 saturated heterocycles. The van der Waals surface area contributed by atoms with Gasteiger partial charge in [-0.05, 0) is 25.1 Å². The van der Waals surface area contributed by atoms with Crippen molar-refractivity contribution in [2.45, 2.75) is 13.1 Å². The lowest BCUT2D eigenvalue weighted by molar-refractivity contribution is -0.137. The summed E-state index contributed by atoms with van der Waals surface area (Å²) in [5, 5.41) is 0.556. The topological polar surface area (TPSA) is 49.6 Å². The van der Waals surface area contributed by atoms with Crippen LogP contribution in [-0.4, -0.2) is 42.0 Å². The number of hydrogen-bond acceptors (Lipinski definition) is 4. The molecule has 1 amide bonds. The van der Waals surface area contributed by atoms with Crippen LogP contribution in [0.4, 0.5) is 23.4 Å². The molecular weight excluding hydrogens is 390 g/mol. The van der Waals surface area contributed by atoms with Crippen molar-refractivity contribution in [3.63, 3.8) is 0 Å². The van der Waals surface area contributed by atoms with Crippen molar-refractivity contribution in [1.29, 1.82) is 0 Å². The van der Waals surface area contributed by atoms with Gasteiger partial charge in [-0.25, -0.2) is 9.37 Å². The molecule has 152 valence electrons. The van der Waals surface area contributed by atoms with E-state index in [9.17, 15) is 22.4 Å². The summed E-state index contributed by atoms with van der Waals surface area (Å²) in [6.07, 6.45) is -3.63. The smallest absolute Gasteiger partial charge is 0.417 e. The van der Waals surface area contributed by atoms with Crippen molar-refractivity contribution in [1.82, 2.24) is 9.88 Å². The quantitative estimate of drug-likeness (QED) is 0.596. The number of fused-ring (bicyclic) bond motifs is 1. The number of piperazine rings is 1. The van der Waals surface area contributed by atoms with Gasteiger partial charge < -0.3 is 14.2 Å². The fraction of sp³-hybridized carbons (Fsp3) is 0.300. The first kappa shape index (κ1) is 19.2. The third-order valence-corrected chi connectivity index (χ3v) is 5.08. The van der Waals surface area contributed by atoms with Gasteiger partial charge in [0.1, 0.15) is 5.82 Å². The Morgan fingerprint density at radius 3 is 2.41 bits per heavy atom. The standard InChI is InChI=1S/C20H17F4N3O2/c1-12-14-3-2-4-15(21)18(14)29-17(12)19(28)27-9-7-26(8-10-27)16-6-5-13(11-25-16)20(22,23)24/h2-6,11H,7-10H2,1H3. The summed E-state index contributed by atoms with van der Waals surface area (Å²) >= 11 is 0. The second-order valence-corrected chi connectivity index (χ2v) is 6.85. The molecule has 0 aliphatic carbocycles. The number of hydrogen-bond donors (Lipinski definition) is 0. The molecule has 5 nitrogen and oxygen atoms in total. The first-order valence-corrected chi connectivity index (χ1v) is 9.01. The summed E-state index contributed by atoms with van der Waals surface area (Å²) < 4.78 is 57.4. The number of aromatic nitrogens is 1. The number of carbonyl (C=O) groups excluding carboxylic acids is 1. The van der Waals surface area contributed by atoms with Gasteiger partial charge in [0, 0.05) is 43.3 Å². The maximum absolute atomic E-state index is 13.9. The monoisotopic (exact) mass is 407 g/mol. The van der Waals surface area contributed by atoms with E-state index in [-0.39, 0.29) is 17.3 Å². The molecule has 3 heterocycles. The molecule has 2 aromatic heterocycles. The van der Waals surface area contributed by atoms with Crippen LogP contribution in [0.1, 0.15) is 21.7 Å². The van der Waals surface area contributed by atoms with Crippen LogP contribution in [0.25, 0.3) is 11.0 Å². The van der Waals surface area contributed by atoms with Crippen molar-refractivity contribution >= 4 is 22.7 Å². The van der Waals surface area contributed by atoms with Crippen LogP contribution in [0.2, 0.25) is 0 Å². The van der Waals surface area contributed by atoms with E-state index in [2.05, 4.69) is 4.98 Å². The van der Waals surface area contributed by atoms with Crippen LogP contribution in [0.15, 0.2) is 40.9 Å². The van der Waals surface area contributed by atoms with Gasteiger partial charge in [-0.2, -0.15) is 13.2 Å². The second kappa shape index (κ2) is 7.06. The lowest BCUT2D eigenvalue weighted by Gasteiger charge is -2.35. The number of amides is 1. The molecule has 0 unspecified atom stereocenters. The predicted octanol–water partition coefficient (Wildman–Crippen LogP) is 4.26. The molecule has 1 aromatic carbocycles. The lowest BCUT2D eigenvalue weighted by atomic mass is 10.1. The highest BCUT2D eigenvalue weighted by atomic mass is 19.4. The molecule has 1 aliphatic heterocycles. The number of carbonyl (C=O) groups is 1. The fourth-order valence-electron chi connectivity index (χ4n) is 3.44. The zero-order valence-electron chi connectivity index (χ0n) is 15.5. The number of nitrogens with zero attached hydrogens (tertiary/aromatic N) is 3. The van der Waals surface area contributed by atoms with E-state index in [1.807, 2.05) is 4.90 Å². The number of furan rings is 1. The number of benzene rings is 1. The number of anilines is 1. The van der Waals surface area contributed by atoms with Crippen molar-refractivity contribution in [2.24, 2.45) is 0 Å². The first-order chi connectivity index (χ1) is 13.8. The fourth-order valence-corrected chi connectivity index (χ4v) is 3.44. The van der Waals surface area contributed by atoms with Crippen LogP contribution in [0.5, 0.6) is 0 Å². The molecule has 0 saturated carbocycles. The maximum Gasteiger partial charge on any atom is 0.417 e. The lowest BCUT2D eigenvalue weighted by Crippen LogP contribution is -2.49. The minimum Gasteiger partial charge on any atom is -0.448 e. The van der Waals surface area contributed by atoms with E-state index in [4.69, 9.17) is 4.42 Å². The van der Waals surface area contributed by atoms with Crippen molar-refractivity contribution in [2.75, 3.05) is 31.1 Å². The molecule has 29 heavy (non-hydrogen) atoms. The summed E-state index contributed by atoms with van der Waals surface area (Å²) in [5.74, 6) is -0.334. The molecule has 0 spiro atoms. The van der Waals surface area contributed by atoms with Gasteiger partial charge in [-0.15, -0.1) is 0 Å². The Labute approximate surface area is 163 Å². The Balaban J connectivity index is 1.46. The number of rotatable bonds is 2. The highest BCUT2D eigenvalue weighted by molar-refractivity contribution is 5.99. The SMILES string of the molecule is Cc1c(C(=O)N2CCN(c3ccc(C(F)(F)F)cn3)CC2)oc2c(F)cccc12. The molecular formula is C20H17F4N3O2. The molecule has 0 radical (unpaired) electrons. The van der Waals surface area contributed by atoms with E-state index in [0.29, 0.717) is 42.9 Å². The molecule has 4 rings (SSSR count). The van der Waals surface area contributed by atoms with Crippen LogP contribution >= 0.6 is 0 Å². The summed E-state index contributed by atoms with van der Waals surface area (Å²) in [4.78, 5) is 20.1. The Morgan fingerprint density at radius 1 is 1.10 bits per heavy atom. The first-order valence-electron chi connectivity index (χ1n) is 9.01. The largest absolute Gasteiger partial charge is 0.448 e. The van der Waals surface area contributed by atoms with Crippen LogP contribution in [0, 0.1) is 12.7 Å². The second-order valence-electron chi connectivity index (χ2n) is 6.85. The highest BCUT2D eigenvalue weighted by Crippen LogP contribution is 2.30. The third kappa shape index (κ3) is 3.52. The Bertz CT molecular complexity index is 1050. The zero-order valence-corrected chi connectivity index (χ0v) is 15.5. The van der Waals surface area contributed by atoms with Gasteiger partial charge in [-0.3, -0.25) is 4.79 Å². The summed E-state index contributed by atoms with van der Waals surface area (Å²) in [7, 11) is 0. The zero-order chi connectivity index (χ0) is 20.8. The van der Waals surface area contributed by atoms with Crippen LogP contribution in [0.3, 0.4) is 0 Å². The van der Waals surface area contributed by atoms with E-state index in [1.165, 1.54) is 12.1 Å². The van der Waals surface area contributed by atoms with Gasteiger partial charge >= 0.3 is 6.18 Å². The van der Waals surface area contributed by atoms with E-state index < -0.39 is 17.6 Å². The number of alkyl halides is 3. The van der Waals surface area contributed by atoms with E-state index in [1.54, 1.807) is 24.0 Å². The molecule has 0 atom stereocenters. The number of pyridine rings is 1. The van der Waals surface area contributed by atoms with Crippen molar-refractivity contribution in [3.05, 3.63) is 59.2 Å². The van der Waals surface area contributed by atoms with Gasteiger partial charge in [0.15, 0.2) is 17.2 Å². The number of halogens is 4. The average molecular weight is 407 g/mol. The Kier molecular flexibility index (Phi) is 4.68. The maximum atomic E-state index is 13.9. The number of para-hydroxylation sites is 1. The highest BCUT2D eigenvalue weighted by Gasteiger charge is 2.31. The minimum atomic E-state index is -4.43. The molecule has 1 aliphatic rings. The summed E-state index contributed by atoms with van der Waals surface area (Å²) in [6, 6.07) is 6.85. The van der Waals surface area contributed by atoms with Crippen molar-refractivity contribution < 1.29 is 26.8 Å². The number of aryl methyl sites for hydroxylation is 1. The van der Waals surface area contributed by atoms with Gasteiger partial charge in [0.05, 0.1) is 5.56 Å². The predicted molar refractivity (Wildman–Crippen MR) is 98.3 cm³/mol. The molecule has 3 aromatic rings. The third-order valence-electron chi connectivity index (χ3n) is 5.08. The van der Waals surface area contributed by atoms with E-state index in [0.717, 1.165) is 12.3 Å². The Morgan fingerprint density at radius 2 is 1.83 bits per heavy atom. The van der Waals surface area contributed by atoms with Gasteiger partial charge in [0.25, 0.3) is 5.91 Å². The van der Waals surface area contributed by atoms with Gasteiger partial charge in [0.2, 0.25) is 0 Å². The van der Waals surface area contributed by atoms with Crippen LogP contribution < -0.4 is 4.90 Å². The average Bonchev–Trinajstić information content (AvgIpc) is 3.05. The Hall–Kier alpha value is -3.10. The van der Waals surface area contributed by atoms with E-state index >= 15 is 0 Å². The molecule has 0 N–H and O–H groups in total. The van der Waals surface area contributed by atoms with Crippen molar-refractivity contribution in [3.8, 4) is 0 Å². The summed E-state index contributed by atoms with van der Waals surface area (Å²) in [5.41, 5.74) is -0.167.